The van der Waals surface area contributed by atoms with Gasteiger partial charge in [0, 0.05) is 36.2 Å². The van der Waals surface area contributed by atoms with Gasteiger partial charge in [-0.1, -0.05) is 5.11 Å². The Labute approximate surface area is 133 Å². The summed E-state index contributed by atoms with van der Waals surface area (Å²) in [6, 6.07) is -0.486. The number of aryl methyl sites for hydroxylation is 1. The van der Waals surface area contributed by atoms with Crippen LogP contribution in [0.5, 0.6) is 0 Å². The molecule has 0 aromatic carbocycles. The maximum absolute atomic E-state index is 12.4. The fraction of sp³-hybridized carbons (Fsp3) is 0.714. The zero-order chi connectivity index (χ0) is 16.4. The highest BCUT2D eigenvalue weighted by Gasteiger charge is 2.36. The van der Waals surface area contributed by atoms with Crippen LogP contribution in [0, 0.1) is 6.92 Å². The molecule has 3 rings (SSSR count). The first-order valence-corrected chi connectivity index (χ1v) is 7.79. The molecule has 0 aliphatic carbocycles. The molecule has 2 saturated heterocycles. The molecule has 124 valence electrons. The Morgan fingerprint density at radius 2 is 2.26 bits per heavy atom. The molecular weight excluding hydrogens is 300 g/mol. The SMILES string of the molecule is Cc1cn([C@H]2C[C@@H](N=[N+]=[N-])[C@@H](CO)O2)c(=O)nc1N1CCCC1. The Hall–Kier alpha value is -2.09. The first-order valence-electron chi connectivity index (χ1n) is 7.79. The van der Waals surface area contributed by atoms with E-state index in [1.165, 1.54) is 4.57 Å². The fourth-order valence-corrected chi connectivity index (χ4v) is 3.25. The molecule has 0 spiro atoms. The number of rotatable bonds is 4. The van der Waals surface area contributed by atoms with Crippen molar-refractivity contribution in [2.24, 2.45) is 5.11 Å². The summed E-state index contributed by atoms with van der Waals surface area (Å²) in [6.07, 6.45) is 3.14. The van der Waals surface area contributed by atoms with Crippen molar-refractivity contribution < 1.29 is 9.84 Å². The van der Waals surface area contributed by atoms with Crippen molar-refractivity contribution in [3.05, 3.63) is 32.7 Å². The topological polar surface area (TPSA) is 116 Å². The lowest BCUT2D eigenvalue weighted by Crippen LogP contribution is -2.31. The van der Waals surface area contributed by atoms with E-state index in [0.717, 1.165) is 37.3 Å². The summed E-state index contributed by atoms with van der Waals surface area (Å²) in [4.78, 5) is 21.5. The van der Waals surface area contributed by atoms with Crippen LogP contribution < -0.4 is 10.6 Å². The van der Waals surface area contributed by atoms with Crippen molar-refractivity contribution in [3.8, 4) is 0 Å². The summed E-state index contributed by atoms with van der Waals surface area (Å²) in [5.41, 5.74) is 9.11. The molecule has 9 heteroatoms. The lowest BCUT2D eigenvalue weighted by atomic mass is 10.1. The Kier molecular flexibility index (Phi) is 4.51. The molecule has 0 amide bonds. The molecular formula is C14H20N6O3. The molecule has 1 aromatic heterocycles. The summed E-state index contributed by atoms with van der Waals surface area (Å²) in [6.45, 7) is 3.50. The molecule has 3 heterocycles. The standard InChI is InChI=1S/C14H20N6O3/c1-9-7-20(12-6-10(17-18-15)11(8-21)23-12)14(22)16-13(9)19-4-2-3-5-19/h7,10-12,21H,2-6,8H2,1H3/t10-,11-,12-/m1/s1. The first kappa shape index (κ1) is 15.8. The number of hydrogen-bond acceptors (Lipinski definition) is 6. The van der Waals surface area contributed by atoms with Crippen LogP contribution in [0.2, 0.25) is 0 Å². The summed E-state index contributed by atoms with van der Waals surface area (Å²) in [7, 11) is 0. The van der Waals surface area contributed by atoms with Gasteiger partial charge in [-0.2, -0.15) is 4.98 Å². The molecule has 9 nitrogen and oxygen atoms in total. The molecule has 2 aliphatic heterocycles. The van der Waals surface area contributed by atoms with Crippen LogP contribution in [-0.4, -0.2) is 46.5 Å². The van der Waals surface area contributed by atoms with E-state index in [1.54, 1.807) is 6.20 Å². The highest BCUT2D eigenvalue weighted by Crippen LogP contribution is 2.30. The van der Waals surface area contributed by atoms with Crippen LogP contribution in [0.15, 0.2) is 16.1 Å². The van der Waals surface area contributed by atoms with Crippen LogP contribution in [0.3, 0.4) is 0 Å². The number of aromatic nitrogens is 2. The number of aliphatic hydroxyl groups excluding tert-OH is 1. The van der Waals surface area contributed by atoms with Gasteiger partial charge in [0.05, 0.1) is 18.8 Å². The van der Waals surface area contributed by atoms with E-state index >= 15 is 0 Å². The molecule has 0 radical (unpaired) electrons. The smallest absolute Gasteiger partial charge is 0.351 e. The third-order valence-electron chi connectivity index (χ3n) is 4.41. The monoisotopic (exact) mass is 320 g/mol. The van der Waals surface area contributed by atoms with E-state index < -0.39 is 18.4 Å². The zero-order valence-corrected chi connectivity index (χ0v) is 13.0. The summed E-state index contributed by atoms with van der Waals surface area (Å²) in [5.74, 6) is 0.729. The number of nitrogens with zero attached hydrogens (tertiary/aromatic N) is 6. The largest absolute Gasteiger partial charge is 0.394 e. The fourth-order valence-electron chi connectivity index (χ4n) is 3.25. The van der Waals surface area contributed by atoms with E-state index in [0.29, 0.717) is 6.42 Å². The number of aliphatic hydroxyl groups is 1. The van der Waals surface area contributed by atoms with Gasteiger partial charge in [0.2, 0.25) is 0 Å². The van der Waals surface area contributed by atoms with Crippen molar-refractivity contribution >= 4 is 5.82 Å². The van der Waals surface area contributed by atoms with Gasteiger partial charge in [-0.05, 0) is 25.3 Å². The summed E-state index contributed by atoms with van der Waals surface area (Å²) < 4.78 is 7.08. The minimum absolute atomic E-state index is 0.257. The second-order valence-electron chi connectivity index (χ2n) is 5.95. The molecule has 0 unspecified atom stereocenters. The van der Waals surface area contributed by atoms with Crippen LogP contribution in [-0.2, 0) is 4.74 Å². The number of azide groups is 1. The third-order valence-corrected chi connectivity index (χ3v) is 4.41. The quantitative estimate of drug-likeness (QED) is 0.507. The van der Waals surface area contributed by atoms with E-state index in [1.807, 2.05) is 6.92 Å². The predicted molar refractivity (Wildman–Crippen MR) is 83.2 cm³/mol. The van der Waals surface area contributed by atoms with Gasteiger partial charge >= 0.3 is 5.69 Å². The molecule has 2 fully saturated rings. The normalized spacial score (nSPS) is 27.2. The van der Waals surface area contributed by atoms with E-state index in [4.69, 9.17) is 10.3 Å². The van der Waals surface area contributed by atoms with Gasteiger partial charge in [-0.15, -0.1) is 0 Å². The molecule has 0 bridgehead atoms. The van der Waals surface area contributed by atoms with Crippen LogP contribution in [0.4, 0.5) is 5.82 Å². The van der Waals surface area contributed by atoms with E-state index in [2.05, 4.69) is 19.9 Å². The van der Waals surface area contributed by atoms with E-state index in [-0.39, 0.29) is 12.3 Å². The second-order valence-corrected chi connectivity index (χ2v) is 5.95. The maximum Gasteiger partial charge on any atom is 0.351 e. The maximum atomic E-state index is 12.4. The minimum atomic E-state index is -0.596. The Balaban J connectivity index is 1.87. The predicted octanol–water partition coefficient (Wildman–Crippen LogP) is 1.11. The van der Waals surface area contributed by atoms with Gasteiger partial charge in [0.1, 0.15) is 12.0 Å². The molecule has 2 aliphatic rings. The van der Waals surface area contributed by atoms with E-state index in [9.17, 15) is 9.90 Å². The molecule has 0 saturated carbocycles. The van der Waals surface area contributed by atoms with Crippen LogP contribution in [0.1, 0.15) is 31.1 Å². The van der Waals surface area contributed by atoms with Gasteiger partial charge < -0.3 is 14.7 Å². The minimum Gasteiger partial charge on any atom is -0.394 e. The van der Waals surface area contributed by atoms with Crippen molar-refractivity contribution in [1.29, 1.82) is 0 Å². The Bertz CT molecular complexity index is 678. The number of hydrogen-bond donors (Lipinski definition) is 1. The Morgan fingerprint density at radius 1 is 1.52 bits per heavy atom. The van der Waals surface area contributed by atoms with Crippen molar-refractivity contribution in [3.63, 3.8) is 0 Å². The van der Waals surface area contributed by atoms with Gasteiger partial charge in [0.15, 0.2) is 0 Å². The first-order chi connectivity index (χ1) is 11.1. The van der Waals surface area contributed by atoms with Crippen molar-refractivity contribution in [2.45, 2.75) is 44.6 Å². The summed E-state index contributed by atoms with van der Waals surface area (Å²) in [5, 5.41) is 13.0. The zero-order valence-electron chi connectivity index (χ0n) is 13.0. The lowest BCUT2D eigenvalue weighted by Gasteiger charge is -2.21. The summed E-state index contributed by atoms with van der Waals surface area (Å²) >= 11 is 0. The molecule has 1 aromatic rings. The average molecular weight is 320 g/mol. The van der Waals surface area contributed by atoms with Crippen LogP contribution in [0.25, 0.3) is 10.4 Å². The van der Waals surface area contributed by atoms with Crippen LogP contribution >= 0.6 is 0 Å². The van der Waals surface area contributed by atoms with Crippen molar-refractivity contribution in [2.75, 3.05) is 24.6 Å². The Morgan fingerprint density at radius 3 is 2.91 bits per heavy atom. The molecule has 3 atom stereocenters. The highest BCUT2D eigenvalue weighted by molar-refractivity contribution is 5.45. The second kappa shape index (κ2) is 6.57. The highest BCUT2D eigenvalue weighted by atomic mass is 16.5. The molecule has 23 heavy (non-hydrogen) atoms. The third kappa shape index (κ3) is 3.03. The lowest BCUT2D eigenvalue weighted by molar-refractivity contribution is -0.0270. The number of ether oxygens (including phenoxy) is 1. The van der Waals surface area contributed by atoms with Gasteiger partial charge in [0.25, 0.3) is 0 Å². The molecule has 1 N–H and O–H groups in total. The average Bonchev–Trinajstić information content (AvgIpc) is 3.19. The van der Waals surface area contributed by atoms with Gasteiger partial charge in [-0.25, -0.2) is 4.79 Å². The van der Waals surface area contributed by atoms with Crippen molar-refractivity contribution in [1.82, 2.24) is 9.55 Å². The number of anilines is 1. The van der Waals surface area contributed by atoms with Gasteiger partial charge in [-0.3, -0.25) is 4.57 Å².